The lowest BCUT2D eigenvalue weighted by atomic mass is 10.1. The standard InChI is InChI=1S/C16H21NO/c1-3-17(4-2)15-10-8-13(9-11-15)12-14-6-5-7-16(14)18/h8-12H,3-7H2,1-2H3/b14-12-. The number of anilines is 1. The van der Waals surface area contributed by atoms with Gasteiger partial charge in [0.2, 0.25) is 0 Å². The van der Waals surface area contributed by atoms with Crippen molar-refractivity contribution in [2.75, 3.05) is 18.0 Å². The van der Waals surface area contributed by atoms with E-state index in [1.54, 1.807) is 0 Å². The fourth-order valence-corrected chi connectivity index (χ4v) is 2.46. The molecule has 0 bridgehead atoms. The zero-order valence-corrected chi connectivity index (χ0v) is 11.3. The molecule has 1 aliphatic rings. The van der Waals surface area contributed by atoms with Crippen LogP contribution in [0.15, 0.2) is 29.8 Å². The van der Waals surface area contributed by atoms with Crippen molar-refractivity contribution in [1.82, 2.24) is 0 Å². The largest absolute Gasteiger partial charge is 0.372 e. The van der Waals surface area contributed by atoms with Crippen molar-refractivity contribution in [3.05, 3.63) is 35.4 Å². The predicted molar refractivity (Wildman–Crippen MR) is 76.8 cm³/mol. The number of allylic oxidation sites excluding steroid dienone is 1. The molecule has 0 aromatic heterocycles. The summed E-state index contributed by atoms with van der Waals surface area (Å²) in [5.41, 5.74) is 3.38. The summed E-state index contributed by atoms with van der Waals surface area (Å²) in [6, 6.07) is 8.48. The third kappa shape index (κ3) is 2.81. The zero-order chi connectivity index (χ0) is 13.0. The third-order valence-electron chi connectivity index (χ3n) is 3.57. The minimum Gasteiger partial charge on any atom is -0.372 e. The molecule has 0 saturated heterocycles. The molecule has 1 aromatic carbocycles. The van der Waals surface area contributed by atoms with Gasteiger partial charge in [-0.05, 0) is 56.0 Å². The Morgan fingerprint density at radius 2 is 1.78 bits per heavy atom. The van der Waals surface area contributed by atoms with Gasteiger partial charge in [-0.2, -0.15) is 0 Å². The van der Waals surface area contributed by atoms with Crippen LogP contribution in [-0.4, -0.2) is 18.9 Å². The summed E-state index contributed by atoms with van der Waals surface area (Å²) in [5.74, 6) is 0.322. The molecule has 1 aromatic rings. The minimum atomic E-state index is 0.322. The van der Waals surface area contributed by atoms with Crippen LogP contribution in [0.3, 0.4) is 0 Å². The Labute approximate surface area is 109 Å². The van der Waals surface area contributed by atoms with Crippen molar-refractivity contribution in [1.29, 1.82) is 0 Å². The van der Waals surface area contributed by atoms with Crippen LogP contribution in [0.5, 0.6) is 0 Å². The first kappa shape index (κ1) is 12.9. The van der Waals surface area contributed by atoms with Crippen LogP contribution in [0.2, 0.25) is 0 Å². The average Bonchev–Trinajstić information content (AvgIpc) is 2.79. The first-order valence-corrected chi connectivity index (χ1v) is 6.83. The number of rotatable bonds is 4. The number of ketones is 1. The summed E-state index contributed by atoms with van der Waals surface area (Å²) in [6.07, 6.45) is 4.73. The SMILES string of the molecule is CCN(CC)c1ccc(/C=C2/CCCC2=O)cc1. The van der Waals surface area contributed by atoms with Crippen LogP contribution in [0.25, 0.3) is 6.08 Å². The van der Waals surface area contributed by atoms with Gasteiger partial charge in [0.1, 0.15) is 0 Å². The van der Waals surface area contributed by atoms with Crippen LogP contribution in [0.1, 0.15) is 38.7 Å². The van der Waals surface area contributed by atoms with Gasteiger partial charge in [0.05, 0.1) is 0 Å². The molecule has 2 rings (SSSR count). The molecule has 96 valence electrons. The van der Waals surface area contributed by atoms with Gasteiger partial charge in [0.15, 0.2) is 5.78 Å². The van der Waals surface area contributed by atoms with E-state index in [0.717, 1.165) is 43.5 Å². The van der Waals surface area contributed by atoms with Crippen LogP contribution in [-0.2, 0) is 4.79 Å². The minimum absolute atomic E-state index is 0.322. The van der Waals surface area contributed by atoms with Crippen LogP contribution < -0.4 is 4.90 Å². The third-order valence-corrected chi connectivity index (χ3v) is 3.57. The molecule has 1 aliphatic carbocycles. The maximum atomic E-state index is 11.6. The second kappa shape index (κ2) is 5.85. The van der Waals surface area contributed by atoms with Crippen molar-refractivity contribution >= 4 is 17.5 Å². The number of benzene rings is 1. The zero-order valence-electron chi connectivity index (χ0n) is 11.3. The molecule has 0 amide bonds. The fourth-order valence-electron chi connectivity index (χ4n) is 2.46. The van der Waals surface area contributed by atoms with Crippen LogP contribution in [0.4, 0.5) is 5.69 Å². The molecule has 1 fully saturated rings. The van der Waals surface area contributed by atoms with Crippen molar-refractivity contribution in [2.24, 2.45) is 0 Å². The summed E-state index contributed by atoms with van der Waals surface area (Å²) in [6.45, 7) is 6.37. The Morgan fingerprint density at radius 1 is 1.11 bits per heavy atom. The van der Waals surface area contributed by atoms with E-state index in [2.05, 4.69) is 43.0 Å². The smallest absolute Gasteiger partial charge is 0.158 e. The number of carbonyl (C=O) groups excluding carboxylic acids is 1. The van der Waals surface area contributed by atoms with E-state index in [4.69, 9.17) is 0 Å². The van der Waals surface area contributed by atoms with E-state index in [9.17, 15) is 4.79 Å². The molecule has 0 unspecified atom stereocenters. The molecule has 0 heterocycles. The highest BCUT2D eigenvalue weighted by molar-refractivity contribution is 6.01. The van der Waals surface area contributed by atoms with E-state index in [1.807, 2.05) is 6.08 Å². The van der Waals surface area contributed by atoms with Gasteiger partial charge in [-0.1, -0.05) is 12.1 Å². The highest BCUT2D eigenvalue weighted by Crippen LogP contribution is 2.24. The van der Waals surface area contributed by atoms with Crippen molar-refractivity contribution in [3.63, 3.8) is 0 Å². The number of hydrogen-bond acceptors (Lipinski definition) is 2. The molecule has 0 atom stereocenters. The van der Waals surface area contributed by atoms with Gasteiger partial charge in [0.25, 0.3) is 0 Å². The van der Waals surface area contributed by atoms with Crippen LogP contribution in [0, 0.1) is 0 Å². The summed E-state index contributed by atoms with van der Waals surface area (Å²) in [7, 11) is 0. The Morgan fingerprint density at radius 3 is 2.28 bits per heavy atom. The summed E-state index contributed by atoms with van der Waals surface area (Å²) >= 11 is 0. The lowest BCUT2D eigenvalue weighted by Crippen LogP contribution is -2.21. The molecule has 1 saturated carbocycles. The topological polar surface area (TPSA) is 20.3 Å². The summed E-state index contributed by atoms with van der Waals surface area (Å²) in [5, 5.41) is 0. The fraction of sp³-hybridized carbons (Fsp3) is 0.438. The molecular formula is C16H21NO. The highest BCUT2D eigenvalue weighted by atomic mass is 16.1. The quantitative estimate of drug-likeness (QED) is 0.752. The van der Waals surface area contributed by atoms with Crippen molar-refractivity contribution in [3.8, 4) is 0 Å². The molecular weight excluding hydrogens is 222 g/mol. The highest BCUT2D eigenvalue weighted by Gasteiger charge is 2.16. The molecule has 2 nitrogen and oxygen atoms in total. The molecule has 0 radical (unpaired) electrons. The Bertz CT molecular complexity index is 441. The molecule has 18 heavy (non-hydrogen) atoms. The first-order valence-electron chi connectivity index (χ1n) is 6.83. The van der Waals surface area contributed by atoms with Gasteiger partial charge in [-0.3, -0.25) is 4.79 Å². The lowest BCUT2D eigenvalue weighted by molar-refractivity contribution is -0.114. The number of Topliss-reactive ketones (excluding diaryl/α,β-unsaturated/α-hetero) is 1. The first-order chi connectivity index (χ1) is 8.74. The Kier molecular flexibility index (Phi) is 4.19. The van der Waals surface area contributed by atoms with Gasteiger partial charge in [-0.15, -0.1) is 0 Å². The second-order valence-electron chi connectivity index (χ2n) is 4.71. The molecule has 0 N–H and O–H groups in total. The van der Waals surface area contributed by atoms with Gasteiger partial charge in [-0.25, -0.2) is 0 Å². The van der Waals surface area contributed by atoms with Crippen molar-refractivity contribution in [2.45, 2.75) is 33.1 Å². The molecule has 0 aliphatic heterocycles. The number of hydrogen-bond donors (Lipinski definition) is 0. The van der Waals surface area contributed by atoms with Crippen molar-refractivity contribution < 1.29 is 4.79 Å². The molecule has 2 heteroatoms. The Balaban J connectivity index is 2.15. The maximum absolute atomic E-state index is 11.6. The summed E-state index contributed by atoms with van der Waals surface area (Å²) in [4.78, 5) is 13.9. The maximum Gasteiger partial charge on any atom is 0.158 e. The van der Waals surface area contributed by atoms with E-state index in [-0.39, 0.29) is 0 Å². The van der Waals surface area contributed by atoms with E-state index < -0.39 is 0 Å². The van der Waals surface area contributed by atoms with E-state index >= 15 is 0 Å². The Hall–Kier alpha value is -1.57. The summed E-state index contributed by atoms with van der Waals surface area (Å²) < 4.78 is 0. The van der Waals surface area contributed by atoms with E-state index in [1.165, 1.54) is 5.69 Å². The molecule has 0 spiro atoms. The van der Waals surface area contributed by atoms with Crippen LogP contribution >= 0.6 is 0 Å². The van der Waals surface area contributed by atoms with Gasteiger partial charge >= 0.3 is 0 Å². The normalized spacial score (nSPS) is 17.4. The van der Waals surface area contributed by atoms with Gasteiger partial charge < -0.3 is 4.90 Å². The number of nitrogens with zero attached hydrogens (tertiary/aromatic N) is 1. The average molecular weight is 243 g/mol. The second-order valence-corrected chi connectivity index (χ2v) is 4.71. The van der Waals surface area contributed by atoms with Gasteiger partial charge in [0, 0.05) is 25.2 Å². The monoisotopic (exact) mass is 243 g/mol. The van der Waals surface area contributed by atoms with E-state index in [0.29, 0.717) is 5.78 Å². The lowest BCUT2D eigenvalue weighted by Gasteiger charge is -2.20. The predicted octanol–water partition coefficient (Wildman–Crippen LogP) is 3.67. The number of carbonyl (C=O) groups is 1.